The highest BCUT2D eigenvalue weighted by molar-refractivity contribution is 9.11. The van der Waals surface area contributed by atoms with Crippen molar-refractivity contribution >= 4 is 37.5 Å². The number of ether oxygens (including phenoxy) is 2. The average molecular weight is 399 g/mol. The van der Waals surface area contributed by atoms with Gasteiger partial charge in [-0.15, -0.1) is 0 Å². The molecule has 5 heteroatoms. The lowest BCUT2D eigenvalue weighted by molar-refractivity contribution is 0.170. The third kappa shape index (κ3) is 2.94. The van der Waals surface area contributed by atoms with Gasteiger partial charge in [0.05, 0.1) is 0 Å². The van der Waals surface area contributed by atoms with Crippen molar-refractivity contribution < 1.29 is 9.47 Å². The molecule has 0 unspecified atom stereocenters. The van der Waals surface area contributed by atoms with Crippen LogP contribution in [0.5, 0.6) is 11.5 Å². The van der Waals surface area contributed by atoms with Gasteiger partial charge < -0.3 is 14.8 Å². The van der Waals surface area contributed by atoms with Crippen LogP contribution in [-0.4, -0.2) is 13.2 Å². The minimum absolute atomic E-state index is 0.603. The summed E-state index contributed by atoms with van der Waals surface area (Å²) in [4.78, 5) is 0. The lowest BCUT2D eigenvalue weighted by Crippen LogP contribution is -2.17. The summed E-state index contributed by atoms with van der Waals surface area (Å²) >= 11 is 6.99. The van der Waals surface area contributed by atoms with Gasteiger partial charge in [-0.2, -0.15) is 0 Å². The van der Waals surface area contributed by atoms with Crippen LogP contribution < -0.4 is 14.8 Å². The zero-order valence-corrected chi connectivity index (χ0v) is 13.8. The summed E-state index contributed by atoms with van der Waals surface area (Å²) < 4.78 is 13.4. The number of halogens is 2. The van der Waals surface area contributed by atoms with Crippen LogP contribution in [0.2, 0.25) is 0 Å². The molecular formula is C15H13Br2NO2. The van der Waals surface area contributed by atoms with Gasteiger partial charge in [0.2, 0.25) is 0 Å². The summed E-state index contributed by atoms with van der Waals surface area (Å²) in [7, 11) is 0. The molecule has 0 saturated carbocycles. The standard InChI is InChI=1S/C15H13Br2NO2/c16-11-4-5-13(12(17)8-11)18-9-10-2-1-3-14-15(10)20-7-6-19-14/h1-5,8,18H,6-7,9H2. The Morgan fingerprint density at radius 2 is 1.90 bits per heavy atom. The first kappa shape index (κ1) is 13.8. The van der Waals surface area contributed by atoms with E-state index in [1.54, 1.807) is 0 Å². The van der Waals surface area contributed by atoms with Crippen molar-refractivity contribution in [2.75, 3.05) is 18.5 Å². The molecule has 1 heterocycles. The van der Waals surface area contributed by atoms with E-state index in [1.165, 1.54) is 0 Å². The van der Waals surface area contributed by atoms with E-state index >= 15 is 0 Å². The fraction of sp³-hybridized carbons (Fsp3) is 0.200. The van der Waals surface area contributed by atoms with E-state index in [2.05, 4.69) is 37.2 Å². The predicted octanol–water partition coefficient (Wildman–Crippen LogP) is 4.59. The fourth-order valence-electron chi connectivity index (χ4n) is 2.10. The minimum atomic E-state index is 0.603. The van der Waals surface area contributed by atoms with Gasteiger partial charge in [0.1, 0.15) is 13.2 Å². The van der Waals surface area contributed by atoms with E-state index in [0.717, 1.165) is 31.7 Å². The molecule has 3 rings (SSSR count). The summed E-state index contributed by atoms with van der Waals surface area (Å²) in [6, 6.07) is 12.0. The highest BCUT2D eigenvalue weighted by Gasteiger charge is 2.15. The first-order valence-corrected chi connectivity index (χ1v) is 7.89. The van der Waals surface area contributed by atoms with Crippen molar-refractivity contribution in [2.24, 2.45) is 0 Å². The largest absolute Gasteiger partial charge is 0.486 e. The lowest BCUT2D eigenvalue weighted by atomic mass is 10.1. The predicted molar refractivity (Wildman–Crippen MR) is 86.6 cm³/mol. The number of anilines is 1. The SMILES string of the molecule is Brc1ccc(NCc2cccc3c2OCCO3)c(Br)c1. The normalized spacial score (nSPS) is 13.1. The van der Waals surface area contributed by atoms with Gasteiger partial charge in [-0.1, -0.05) is 28.1 Å². The van der Waals surface area contributed by atoms with Crippen LogP contribution in [-0.2, 0) is 6.54 Å². The third-order valence-electron chi connectivity index (χ3n) is 3.05. The summed E-state index contributed by atoms with van der Waals surface area (Å²) in [5, 5.41) is 3.40. The third-order valence-corrected chi connectivity index (χ3v) is 4.20. The lowest BCUT2D eigenvalue weighted by Gasteiger charge is -2.21. The van der Waals surface area contributed by atoms with Gasteiger partial charge >= 0.3 is 0 Å². The Kier molecular flexibility index (Phi) is 4.17. The van der Waals surface area contributed by atoms with Gasteiger partial charge in [0, 0.05) is 26.7 Å². The Labute approximate surface area is 134 Å². The second-order valence-corrected chi connectivity index (χ2v) is 6.19. The molecule has 0 saturated heterocycles. The molecule has 0 amide bonds. The van der Waals surface area contributed by atoms with Crippen LogP contribution in [0, 0.1) is 0 Å². The molecule has 0 aliphatic carbocycles. The van der Waals surface area contributed by atoms with Crippen LogP contribution in [0.25, 0.3) is 0 Å². The van der Waals surface area contributed by atoms with Gasteiger partial charge in [0.25, 0.3) is 0 Å². The van der Waals surface area contributed by atoms with Crippen LogP contribution in [0.3, 0.4) is 0 Å². The van der Waals surface area contributed by atoms with Crippen LogP contribution in [0.4, 0.5) is 5.69 Å². The molecule has 0 radical (unpaired) electrons. The van der Waals surface area contributed by atoms with Crippen LogP contribution >= 0.6 is 31.9 Å². The molecular weight excluding hydrogens is 386 g/mol. The smallest absolute Gasteiger partial charge is 0.166 e. The van der Waals surface area contributed by atoms with Gasteiger partial charge in [-0.05, 0) is 40.2 Å². The summed E-state index contributed by atoms with van der Waals surface area (Å²) in [6.45, 7) is 1.90. The van der Waals surface area contributed by atoms with Crippen molar-refractivity contribution in [2.45, 2.75) is 6.54 Å². The zero-order chi connectivity index (χ0) is 13.9. The van der Waals surface area contributed by atoms with Crippen LogP contribution in [0.15, 0.2) is 45.3 Å². The highest BCUT2D eigenvalue weighted by Crippen LogP contribution is 2.34. The second-order valence-electron chi connectivity index (χ2n) is 4.42. The van der Waals surface area contributed by atoms with Crippen molar-refractivity contribution in [3.05, 3.63) is 50.9 Å². The molecule has 0 aromatic heterocycles. The molecule has 104 valence electrons. The summed E-state index contributed by atoms with van der Waals surface area (Å²) in [6.07, 6.45) is 0. The monoisotopic (exact) mass is 397 g/mol. The fourth-order valence-corrected chi connectivity index (χ4v) is 3.28. The molecule has 0 bridgehead atoms. The van der Waals surface area contributed by atoms with E-state index in [0.29, 0.717) is 19.8 Å². The van der Waals surface area contributed by atoms with E-state index < -0.39 is 0 Å². The molecule has 2 aromatic carbocycles. The molecule has 1 N–H and O–H groups in total. The Bertz CT molecular complexity index is 631. The number of para-hydroxylation sites is 1. The molecule has 2 aromatic rings. The first-order valence-electron chi connectivity index (χ1n) is 6.30. The molecule has 0 spiro atoms. The van der Waals surface area contributed by atoms with E-state index in [-0.39, 0.29) is 0 Å². The number of fused-ring (bicyclic) bond motifs is 1. The van der Waals surface area contributed by atoms with Crippen molar-refractivity contribution in [1.29, 1.82) is 0 Å². The number of nitrogens with one attached hydrogen (secondary N) is 1. The molecule has 1 aliphatic heterocycles. The Balaban J connectivity index is 1.78. The number of benzene rings is 2. The second kappa shape index (κ2) is 6.06. The average Bonchev–Trinajstić information content (AvgIpc) is 2.46. The Hall–Kier alpha value is -1.20. The van der Waals surface area contributed by atoms with Crippen LogP contribution in [0.1, 0.15) is 5.56 Å². The quantitative estimate of drug-likeness (QED) is 0.819. The van der Waals surface area contributed by atoms with Gasteiger partial charge in [0.15, 0.2) is 11.5 Å². The topological polar surface area (TPSA) is 30.5 Å². The molecule has 20 heavy (non-hydrogen) atoms. The number of rotatable bonds is 3. The van der Waals surface area contributed by atoms with Crippen molar-refractivity contribution in [3.63, 3.8) is 0 Å². The van der Waals surface area contributed by atoms with Gasteiger partial charge in [-0.3, -0.25) is 0 Å². The molecule has 0 atom stereocenters. The first-order chi connectivity index (χ1) is 9.74. The molecule has 1 aliphatic rings. The summed E-state index contributed by atoms with van der Waals surface area (Å²) in [5.74, 6) is 1.67. The van der Waals surface area contributed by atoms with Crippen molar-refractivity contribution in [3.8, 4) is 11.5 Å². The zero-order valence-electron chi connectivity index (χ0n) is 10.7. The summed E-state index contributed by atoms with van der Waals surface area (Å²) in [5.41, 5.74) is 2.14. The van der Waals surface area contributed by atoms with Gasteiger partial charge in [-0.25, -0.2) is 0 Å². The Morgan fingerprint density at radius 3 is 2.75 bits per heavy atom. The Morgan fingerprint density at radius 1 is 1.05 bits per heavy atom. The van der Waals surface area contributed by atoms with E-state index in [9.17, 15) is 0 Å². The van der Waals surface area contributed by atoms with Crippen molar-refractivity contribution in [1.82, 2.24) is 0 Å². The number of hydrogen-bond acceptors (Lipinski definition) is 3. The maximum atomic E-state index is 5.71. The molecule has 0 fully saturated rings. The molecule has 3 nitrogen and oxygen atoms in total. The van der Waals surface area contributed by atoms with E-state index in [1.807, 2.05) is 36.4 Å². The maximum absolute atomic E-state index is 5.71. The maximum Gasteiger partial charge on any atom is 0.166 e. The minimum Gasteiger partial charge on any atom is -0.486 e. The van der Waals surface area contributed by atoms with E-state index in [4.69, 9.17) is 9.47 Å². The highest BCUT2D eigenvalue weighted by atomic mass is 79.9. The number of hydrogen-bond donors (Lipinski definition) is 1.